The van der Waals surface area contributed by atoms with Gasteiger partial charge in [-0.05, 0) is 32.9 Å². The van der Waals surface area contributed by atoms with Crippen LogP contribution in [-0.4, -0.2) is 31.7 Å². The summed E-state index contributed by atoms with van der Waals surface area (Å²) in [6.07, 6.45) is 0.191. The molecule has 100 valence electrons. The maximum Gasteiger partial charge on any atom is 0.253 e. The normalized spacial score (nSPS) is 10.4. The van der Waals surface area contributed by atoms with E-state index in [1.165, 1.54) is 0 Å². The summed E-state index contributed by atoms with van der Waals surface area (Å²) in [5, 5.41) is 6.02. The van der Waals surface area contributed by atoms with E-state index in [0.29, 0.717) is 18.7 Å². The van der Waals surface area contributed by atoms with Crippen LogP contribution in [0.3, 0.4) is 0 Å². The van der Waals surface area contributed by atoms with Gasteiger partial charge in [0.2, 0.25) is 0 Å². The Morgan fingerprint density at radius 3 is 2.72 bits per heavy atom. The highest BCUT2D eigenvalue weighted by Crippen LogP contribution is 2.14. The largest absolute Gasteiger partial charge is 0.385 e. The summed E-state index contributed by atoms with van der Waals surface area (Å²) >= 11 is 0. The molecule has 0 unspecified atom stereocenters. The second-order valence-corrected chi connectivity index (χ2v) is 4.25. The number of rotatable bonds is 7. The molecule has 0 aromatic heterocycles. The van der Waals surface area contributed by atoms with Crippen molar-refractivity contribution < 1.29 is 9.53 Å². The number of hydrogen-bond donors (Lipinski definition) is 2. The molecule has 1 rings (SSSR count). The second kappa shape index (κ2) is 7.71. The molecule has 0 heterocycles. The molecule has 1 aromatic carbocycles. The quantitative estimate of drug-likeness (QED) is 0.730. The van der Waals surface area contributed by atoms with Crippen molar-refractivity contribution in [1.29, 1.82) is 0 Å². The number of nitrogens with one attached hydrogen (secondary N) is 2. The molecule has 0 aliphatic rings. The first kappa shape index (κ1) is 14.5. The average Bonchev–Trinajstić information content (AvgIpc) is 2.35. The molecule has 0 fully saturated rings. The molecular weight excluding hydrogens is 228 g/mol. The molecule has 1 aromatic rings. The molecule has 0 bridgehead atoms. The second-order valence-electron chi connectivity index (χ2n) is 4.25. The number of amides is 1. The number of para-hydroxylation sites is 1. The Labute approximate surface area is 109 Å². The van der Waals surface area contributed by atoms with Crippen molar-refractivity contribution in [1.82, 2.24) is 5.32 Å². The van der Waals surface area contributed by atoms with E-state index in [1.807, 2.05) is 45.0 Å². The molecular formula is C14H22N2O2. The number of carbonyl (C=O) groups is 1. The van der Waals surface area contributed by atoms with E-state index < -0.39 is 0 Å². The fourth-order valence-corrected chi connectivity index (χ4v) is 1.58. The lowest BCUT2D eigenvalue weighted by molar-refractivity contribution is 0.0747. The van der Waals surface area contributed by atoms with Gasteiger partial charge in [-0.25, -0.2) is 0 Å². The minimum atomic E-state index is -0.0705. The molecule has 0 aliphatic carbocycles. The van der Waals surface area contributed by atoms with E-state index in [9.17, 15) is 4.79 Å². The smallest absolute Gasteiger partial charge is 0.253 e. The Balaban J connectivity index is 2.50. The van der Waals surface area contributed by atoms with Crippen LogP contribution in [0, 0.1) is 0 Å². The van der Waals surface area contributed by atoms with Crippen molar-refractivity contribution in [3.63, 3.8) is 0 Å². The zero-order valence-corrected chi connectivity index (χ0v) is 11.3. The zero-order valence-electron chi connectivity index (χ0n) is 11.3. The van der Waals surface area contributed by atoms with Crippen molar-refractivity contribution >= 4 is 11.6 Å². The highest BCUT2D eigenvalue weighted by molar-refractivity contribution is 5.99. The van der Waals surface area contributed by atoms with Crippen LogP contribution in [0.25, 0.3) is 0 Å². The summed E-state index contributed by atoms with van der Waals surface area (Å²) in [4.78, 5) is 12.0. The molecule has 0 aliphatic heterocycles. The van der Waals surface area contributed by atoms with Crippen molar-refractivity contribution in [2.24, 2.45) is 0 Å². The summed E-state index contributed by atoms with van der Waals surface area (Å²) in [6, 6.07) is 7.50. The van der Waals surface area contributed by atoms with Gasteiger partial charge in [0, 0.05) is 18.8 Å². The fourth-order valence-electron chi connectivity index (χ4n) is 1.58. The van der Waals surface area contributed by atoms with Gasteiger partial charge in [0.05, 0.1) is 18.3 Å². The van der Waals surface area contributed by atoms with Crippen molar-refractivity contribution in [3.8, 4) is 0 Å². The zero-order chi connectivity index (χ0) is 13.4. The molecule has 0 spiro atoms. The average molecular weight is 250 g/mol. The van der Waals surface area contributed by atoms with Crippen LogP contribution in [-0.2, 0) is 4.74 Å². The third-order valence-electron chi connectivity index (χ3n) is 2.38. The Hall–Kier alpha value is -1.55. The van der Waals surface area contributed by atoms with Crippen molar-refractivity contribution in [2.75, 3.05) is 25.0 Å². The van der Waals surface area contributed by atoms with Crippen molar-refractivity contribution in [3.05, 3.63) is 29.8 Å². The van der Waals surface area contributed by atoms with Crippen LogP contribution in [0.1, 0.15) is 31.1 Å². The van der Waals surface area contributed by atoms with Crippen LogP contribution in [0.5, 0.6) is 0 Å². The standard InChI is InChI=1S/C14H22N2O2/c1-4-15-13-8-6-5-7-12(13)14(17)16-9-10-18-11(2)3/h5-8,11,15H,4,9-10H2,1-3H3,(H,16,17). The van der Waals surface area contributed by atoms with E-state index >= 15 is 0 Å². The Morgan fingerprint density at radius 2 is 2.06 bits per heavy atom. The first-order valence-electron chi connectivity index (χ1n) is 6.37. The van der Waals surface area contributed by atoms with Gasteiger partial charge in [-0.1, -0.05) is 12.1 Å². The van der Waals surface area contributed by atoms with E-state index in [0.717, 1.165) is 12.2 Å². The Morgan fingerprint density at radius 1 is 1.33 bits per heavy atom. The van der Waals surface area contributed by atoms with Gasteiger partial charge in [0.15, 0.2) is 0 Å². The summed E-state index contributed by atoms with van der Waals surface area (Å²) < 4.78 is 5.38. The van der Waals surface area contributed by atoms with Gasteiger partial charge in [-0.3, -0.25) is 4.79 Å². The molecule has 0 atom stereocenters. The lowest BCUT2D eigenvalue weighted by atomic mass is 10.1. The first-order valence-corrected chi connectivity index (χ1v) is 6.37. The molecule has 0 saturated carbocycles. The summed E-state index contributed by atoms with van der Waals surface area (Å²) in [5.74, 6) is -0.0705. The number of benzene rings is 1. The summed E-state index contributed by atoms with van der Waals surface area (Å²) in [7, 11) is 0. The van der Waals surface area contributed by atoms with Crippen molar-refractivity contribution in [2.45, 2.75) is 26.9 Å². The number of hydrogen-bond acceptors (Lipinski definition) is 3. The van der Waals surface area contributed by atoms with Gasteiger partial charge in [0.25, 0.3) is 5.91 Å². The predicted octanol–water partition coefficient (Wildman–Crippen LogP) is 2.27. The van der Waals surface area contributed by atoms with Crippen LogP contribution < -0.4 is 10.6 Å². The number of anilines is 1. The Bertz CT molecular complexity index is 378. The van der Waals surface area contributed by atoms with Gasteiger partial charge >= 0.3 is 0 Å². The van der Waals surface area contributed by atoms with E-state index in [2.05, 4.69) is 10.6 Å². The molecule has 2 N–H and O–H groups in total. The fraction of sp³-hybridized carbons (Fsp3) is 0.500. The molecule has 18 heavy (non-hydrogen) atoms. The molecule has 1 amide bonds. The first-order chi connectivity index (χ1) is 8.65. The van der Waals surface area contributed by atoms with Crippen LogP contribution >= 0.6 is 0 Å². The van der Waals surface area contributed by atoms with Gasteiger partial charge < -0.3 is 15.4 Å². The highest BCUT2D eigenvalue weighted by atomic mass is 16.5. The van der Waals surface area contributed by atoms with E-state index in [-0.39, 0.29) is 12.0 Å². The van der Waals surface area contributed by atoms with E-state index in [1.54, 1.807) is 0 Å². The SMILES string of the molecule is CCNc1ccccc1C(=O)NCCOC(C)C. The lowest BCUT2D eigenvalue weighted by Crippen LogP contribution is -2.28. The number of carbonyl (C=O) groups excluding carboxylic acids is 1. The molecule has 4 heteroatoms. The highest BCUT2D eigenvalue weighted by Gasteiger charge is 2.09. The third-order valence-corrected chi connectivity index (χ3v) is 2.38. The van der Waals surface area contributed by atoms with Gasteiger partial charge in [0.1, 0.15) is 0 Å². The summed E-state index contributed by atoms with van der Waals surface area (Å²) in [5.41, 5.74) is 1.53. The predicted molar refractivity (Wildman–Crippen MR) is 74.0 cm³/mol. The Kier molecular flexibility index (Phi) is 6.22. The van der Waals surface area contributed by atoms with Gasteiger partial charge in [-0.2, -0.15) is 0 Å². The van der Waals surface area contributed by atoms with E-state index in [4.69, 9.17) is 4.74 Å². The third kappa shape index (κ3) is 4.75. The van der Waals surface area contributed by atoms with Gasteiger partial charge in [-0.15, -0.1) is 0 Å². The maximum atomic E-state index is 12.0. The molecule has 0 radical (unpaired) electrons. The number of ether oxygens (including phenoxy) is 1. The molecule has 0 saturated heterocycles. The monoisotopic (exact) mass is 250 g/mol. The molecule has 4 nitrogen and oxygen atoms in total. The summed E-state index contributed by atoms with van der Waals surface area (Å²) in [6.45, 7) is 7.81. The minimum absolute atomic E-state index is 0.0705. The van der Waals surface area contributed by atoms with Crippen LogP contribution in [0.4, 0.5) is 5.69 Å². The maximum absolute atomic E-state index is 12.0. The lowest BCUT2D eigenvalue weighted by Gasteiger charge is -2.12. The minimum Gasteiger partial charge on any atom is -0.385 e. The topological polar surface area (TPSA) is 50.4 Å². The van der Waals surface area contributed by atoms with Crippen LogP contribution in [0.2, 0.25) is 0 Å². The van der Waals surface area contributed by atoms with Crippen LogP contribution in [0.15, 0.2) is 24.3 Å².